The van der Waals surface area contributed by atoms with Crippen LogP contribution in [-0.4, -0.2) is 25.4 Å². The van der Waals surface area contributed by atoms with Gasteiger partial charge in [-0.3, -0.25) is 0 Å². The zero-order chi connectivity index (χ0) is 22.7. The van der Waals surface area contributed by atoms with Gasteiger partial charge in [-0.05, 0) is 68.0 Å². The van der Waals surface area contributed by atoms with Crippen LogP contribution in [0.1, 0.15) is 38.5 Å². The Morgan fingerprint density at radius 2 is 1.56 bits per heavy atom. The van der Waals surface area contributed by atoms with Gasteiger partial charge < -0.3 is 20.5 Å². The summed E-state index contributed by atoms with van der Waals surface area (Å²) in [4.78, 5) is 2.48. The van der Waals surface area contributed by atoms with E-state index < -0.39 is 12.8 Å². The minimum absolute atomic E-state index is 0.0236. The summed E-state index contributed by atoms with van der Waals surface area (Å²) in [6.07, 6.45) is 3.24. The van der Waals surface area contributed by atoms with Gasteiger partial charge in [-0.1, -0.05) is 36.0 Å². The first-order chi connectivity index (χ1) is 15.3. The molecule has 174 valence electrons. The standard InChI is InChI=1S/C23H26Cl2F3N3O/c24-18-12-16(7-9-21(18)31-11-3-5-15-4-1-2-6-20(15)31)29-30-17-8-10-22(19(25)13-17)32-14-23(26,27)28/h7-10,12-13,15,20,29-30H,1-6,11,14H2. The second-order valence-corrected chi connectivity index (χ2v) is 9.23. The molecule has 0 radical (unpaired) electrons. The van der Waals surface area contributed by atoms with Gasteiger partial charge in [0.2, 0.25) is 0 Å². The third-order valence-corrected chi connectivity index (χ3v) is 6.77. The summed E-state index contributed by atoms with van der Waals surface area (Å²) >= 11 is 12.7. The Morgan fingerprint density at radius 3 is 2.25 bits per heavy atom. The van der Waals surface area contributed by atoms with E-state index in [1.807, 2.05) is 18.2 Å². The van der Waals surface area contributed by atoms with Crippen molar-refractivity contribution in [3.05, 3.63) is 46.4 Å². The van der Waals surface area contributed by atoms with E-state index in [1.165, 1.54) is 50.7 Å². The topological polar surface area (TPSA) is 36.5 Å². The lowest BCUT2D eigenvalue weighted by molar-refractivity contribution is -0.153. The monoisotopic (exact) mass is 487 g/mol. The number of anilines is 3. The highest BCUT2D eigenvalue weighted by atomic mass is 35.5. The summed E-state index contributed by atoms with van der Waals surface area (Å²) < 4.78 is 41.7. The van der Waals surface area contributed by atoms with Crippen molar-refractivity contribution in [1.29, 1.82) is 0 Å². The van der Waals surface area contributed by atoms with Crippen LogP contribution < -0.4 is 20.5 Å². The molecule has 1 aliphatic carbocycles. The zero-order valence-electron chi connectivity index (χ0n) is 17.5. The number of benzene rings is 2. The van der Waals surface area contributed by atoms with E-state index in [9.17, 15) is 13.2 Å². The third kappa shape index (κ3) is 5.67. The fraction of sp³-hybridized carbons (Fsp3) is 0.478. The van der Waals surface area contributed by atoms with E-state index in [4.69, 9.17) is 27.9 Å². The van der Waals surface area contributed by atoms with Crippen molar-refractivity contribution >= 4 is 40.3 Å². The first-order valence-electron chi connectivity index (χ1n) is 10.9. The molecule has 1 saturated carbocycles. The Bertz CT molecular complexity index is 939. The van der Waals surface area contributed by atoms with Crippen LogP contribution in [0, 0.1) is 5.92 Å². The minimum Gasteiger partial charge on any atom is -0.483 e. The highest BCUT2D eigenvalue weighted by Crippen LogP contribution is 2.40. The van der Waals surface area contributed by atoms with Gasteiger partial charge in [0.25, 0.3) is 0 Å². The Balaban J connectivity index is 1.38. The molecule has 2 unspecified atom stereocenters. The Kier molecular flexibility index (Phi) is 7.15. The molecule has 0 spiro atoms. The quantitative estimate of drug-likeness (QED) is 0.412. The molecule has 1 aliphatic heterocycles. The summed E-state index contributed by atoms with van der Waals surface area (Å²) in [6.45, 7) is -0.353. The van der Waals surface area contributed by atoms with Crippen LogP contribution in [0.2, 0.25) is 10.0 Å². The number of fused-ring (bicyclic) bond motifs is 1. The first-order valence-corrected chi connectivity index (χ1v) is 11.6. The van der Waals surface area contributed by atoms with Gasteiger partial charge >= 0.3 is 6.18 Å². The molecular formula is C23H26Cl2F3N3O. The lowest BCUT2D eigenvalue weighted by atomic mass is 9.78. The van der Waals surface area contributed by atoms with Crippen molar-refractivity contribution in [3.8, 4) is 5.75 Å². The van der Waals surface area contributed by atoms with E-state index in [1.54, 1.807) is 6.07 Å². The summed E-state index contributed by atoms with van der Waals surface area (Å²) in [7, 11) is 0. The van der Waals surface area contributed by atoms with Gasteiger partial charge in [-0.25, -0.2) is 0 Å². The molecule has 4 nitrogen and oxygen atoms in total. The highest BCUT2D eigenvalue weighted by Gasteiger charge is 2.34. The molecule has 0 aromatic heterocycles. The normalized spacial score (nSPS) is 21.1. The average molecular weight is 488 g/mol. The number of hydrogen-bond donors (Lipinski definition) is 2. The second kappa shape index (κ2) is 9.87. The van der Waals surface area contributed by atoms with Crippen LogP contribution in [0.5, 0.6) is 5.75 Å². The van der Waals surface area contributed by atoms with Gasteiger partial charge in [0.1, 0.15) is 5.75 Å². The van der Waals surface area contributed by atoms with Crippen molar-refractivity contribution in [2.75, 3.05) is 28.9 Å². The average Bonchev–Trinajstić information content (AvgIpc) is 2.76. The molecule has 0 bridgehead atoms. The molecule has 9 heteroatoms. The molecule has 32 heavy (non-hydrogen) atoms. The number of ether oxygens (including phenoxy) is 1. The molecule has 0 amide bonds. The lowest BCUT2D eigenvalue weighted by Crippen LogP contribution is -2.47. The van der Waals surface area contributed by atoms with E-state index in [-0.39, 0.29) is 10.8 Å². The van der Waals surface area contributed by atoms with Crippen molar-refractivity contribution in [3.63, 3.8) is 0 Å². The molecule has 2 N–H and O–H groups in total. The van der Waals surface area contributed by atoms with Gasteiger partial charge in [0, 0.05) is 12.6 Å². The zero-order valence-corrected chi connectivity index (χ0v) is 19.0. The van der Waals surface area contributed by atoms with Crippen LogP contribution in [0.25, 0.3) is 0 Å². The number of hydrogen-bond acceptors (Lipinski definition) is 4. The smallest absolute Gasteiger partial charge is 0.422 e. The fourth-order valence-electron chi connectivity index (χ4n) is 4.74. The summed E-state index contributed by atoms with van der Waals surface area (Å²) in [5, 5.41) is 0.776. The molecule has 2 atom stereocenters. The van der Waals surface area contributed by atoms with Gasteiger partial charge in [0.05, 0.1) is 27.1 Å². The summed E-state index contributed by atoms with van der Waals surface area (Å²) in [6, 6.07) is 10.9. The van der Waals surface area contributed by atoms with Crippen LogP contribution in [0.3, 0.4) is 0 Å². The second-order valence-electron chi connectivity index (χ2n) is 8.41. The predicted octanol–water partition coefficient (Wildman–Crippen LogP) is 7.53. The predicted molar refractivity (Wildman–Crippen MR) is 124 cm³/mol. The van der Waals surface area contributed by atoms with E-state index in [0.29, 0.717) is 16.8 Å². The maximum atomic E-state index is 12.3. The van der Waals surface area contributed by atoms with E-state index >= 15 is 0 Å². The largest absolute Gasteiger partial charge is 0.483 e. The molecule has 2 aliphatic rings. The number of halogens is 5. The molecule has 4 rings (SSSR count). The molecule has 2 fully saturated rings. The minimum atomic E-state index is -4.42. The Morgan fingerprint density at radius 1 is 0.906 bits per heavy atom. The number of piperidine rings is 1. The number of hydrazine groups is 1. The number of nitrogens with one attached hydrogen (secondary N) is 2. The number of alkyl halides is 3. The molecular weight excluding hydrogens is 462 g/mol. The van der Waals surface area contributed by atoms with Crippen LogP contribution >= 0.6 is 23.2 Å². The Hall–Kier alpha value is -1.99. The first kappa shape index (κ1) is 23.2. The van der Waals surface area contributed by atoms with Crippen LogP contribution in [0.15, 0.2) is 36.4 Å². The maximum Gasteiger partial charge on any atom is 0.422 e. The third-order valence-electron chi connectivity index (χ3n) is 6.17. The van der Waals surface area contributed by atoms with Crippen molar-refractivity contribution < 1.29 is 17.9 Å². The molecule has 1 heterocycles. The maximum absolute atomic E-state index is 12.3. The van der Waals surface area contributed by atoms with Crippen molar-refractivity contribution in [2.24, 2.45) is 5.92 Å². The highest BCUT2D eigenvalue weighted by molar-refractivity contribution is 6.33. The molecule has 2 aromatic carbocycles. The SMILES string of the molecule is FC(F)(F)COc1ccc(NNc2ccc(N3CCCC4CCCCC43)c(Cl)c2)cc1Cl. The van der Waals surface area contributed by atoms with Crippen LogP contribution in [0.4, 0.5) is 30.2 Å². The lowest BCUT2D eigenvalue weighted by Gasteiger charge is -2.45. The van der Waals surface area contributed by atoms with Gasteiger partial charge in [-0.2, -0.15) is 13.2 Å². The summed E-state index contributed by atoms with van der Waals surface area (Å²) in [5.74, 6) is 0.741. The van der Waals surface area contributed by atoms with Gasteiger partial charge in [-0.15, -0.1) is 0 Å². The summed E-state index contributed by atoms with van der Waals surface area (Å²) in [5.41, 5.74) is 8.47. The number of rotatable bonds is 6. The fourth-order valence-corrected chi connectivity index (χ4v) is 5.27. The molecule has 2 aromatic rings. The van der Waals surface area contributed by atoms with Crippen molar-refractivity contribution in [2.45, 2.75) is 50.7 Å². The van der Waals surface area contributed by atoms with Crippen LogP contribution in [-0.2, 0) is 0 Å². The van der Waals surface area contributed by atoms with E-state index in [2.05, 4.69) is 15.8 Å². The molecule has 1 saturated heterocycles. The van der Waals surface area contributed by atoms with E-state index in [0.717, 1.165) is 23.8 Å². The van der Waals surface area contributed by atoms with Gasteiger partial charge in [0.15, 0.2) is 6.61 Å². The Labute approximate surface area is 196 Å². The van der Waals surface area contributed by atoms with Crippen molar-refractivity contribution in [1.82, 2.24) is 0 Å². The number of nitrogens with zero attached hydrogens (tertiary/aromatic N) is 1.